The molecule has 0 saturated carbocycles. The van der Waals surface area contributed by atoms with Gasteiger partial charge in [0.2, 0.25) is 5.91 Å². The van der Waals surface area contributed by atoms with Crippen molar-refractivity contribution >= 4 is 5.91 Å². The number of nitrogens with one attached hydrogen (secondary N) is 2. The van der Waals surface area contributed by atoms with Gasteiger partial charge in [0.25, 0.3) is 5.56 Å². The number of amides is 1. The molecule has 7 nitrogen and oxygen atoms in total. The minimum Gasteiger partial charge on any atom is -0.355 e. The van der Waals surface area contributed by atoms with E-state index in [-0.39, 0.29) is 35.8 Å². The molecular formula is C16H19F2N5O2. The second kappa shape index (κ2) is 8.43. The highest BCUT2D eigenvalue weighted by Gasteiger charge is 2.11. The van der Waals surface area contributed by atoms with Crippen LogP contribution in [0.2, 0.25) is 0 Å². The predicted molar refractivity (Wildman–Crippen MR) is 87.9 cm³/mol. The molecule has 1 amide bonds. The Morgan fingerprint density at radius 2 is 2.00 bits per heavy atom. The Bertz CT molecular complexity index is 807. The van der Waals surface area contributed by atoms with Gasteiger partial charge in [-0.25, -0.2) is 8.78 Å². The number of hydrogen-bond donors (Lipinski definition) is 2. The van der Waals surface area contributed by atoms with Crippen LogP contribution in [0.3, 0.4) is 0 Å². The van der Waals surface area contributed by atoms with Gasteiger partial charge in [0, 0.05) is 31.5 Å². The number of likely N-dealkylation sites (N-methyl/N-ethyl adjacent to an activating group) is 1. The zero-order valence-electron chi connectivity index (χ0n) is 14.0. The van der Waals surface area contributed by atoms with Crippen LogP contribution in [0.4, 0.5) is 8.78 Å². The molecule has 0 bridgehead atoms. The van der Waals surface area contributed by atoms with Gasteiger partial charge in [0.15, 0.2) is 17.5 Å². The molecule has 0 spiro atoms. The summed E-state index contributed by atoms with van der Waals surface area (Å²) in [6, 6.07) is 3.15. The lowest BCUT2D eigenvalue weighted by Gasteiger charge is -2.10. The van der Waals surface area contributed by atoms with Gasteiger partial charge in [0.1, 0.15) is 5.69 Å². The molecule has 1 heterocycles. The van der Waals surface area contributed by atoms with Crippen LogP contribution in [0.5, 0.6) is 0 Å². The Kier molecular flexibility index (Phi) is 6.29. The van der Waals surface area contributed by atoms with Crippen molar-refractivity contribution in [1.29, 1.82) is 0 Å². The molecule has 1 aromatic heterocycles. The highest BCUT2D eigenvalue weighted by Crippen LogP contribution is 2.16. The Labute approximate surface area is 143 Å². The summed E-state index contributed by atoms with van der Waals surface area (Å²) < 4.78 is 26.2. The molecule has 0 fully saturated rings. The molecule has 0 radical (unpaired) electrons. The predicted octanol–water partition coefficient (Wildman–Crippen LogP) is 0.720. The van der Waals surface area contributed by atoms with E-state index in [4.69, 9.17) is 0 Å². The first kappa shape index (κ1) is 18.7. The highest BCUT2D eigenvalue weighted by atomic mass is 19.2. The molecule has 2 aromatic rings. The minimum atomic E-state index is -1.04. The third-order valence-electron chi connectivity index (χ3n) is 3.43. The van der Waals surface area contributed by atoms with E-state index in [0.29, 0.717) is 6.54 Å². The molecule has 0 atom stereocenters. The number of benzene rings is 1. The van der Waals surface area contributed by atoms with Crippen LogP contribution in [0.15, 0.2) is 23.0 Å². The molecule has 0 unspecified atom stereocenters. The monoisotopic (exact) mass is 351 g/mol. The second-order valence-electron chi connectivity index (χ2n) is 5.73. The van der Waals surface area contributed by atoms with Crippen LogP contribution in [-0.2, 0) is 11.2 Å². The molecule has 0 aliphatic rings. The van der Waals surface area contributed by atoms with Crippen LogP contribution in [0, 0.1) is 11.6 Å². The normalized spacial score (nSPS) is 10.9. The van der Waals surface area contributed by atoms with Crippen LogP contribution in [0.1, 0.15) is 12.1 Å². The van der Waals surface area contributed by atoms with E-state index in [1.54, 1.807) is 0 Å². The zero-order chi connectivity index (χ0) is 18.4. The van der Waals surface area contributed by atoms with Gasteiger partial charge >= 0.3 is 0 Å². The number of carbonyl (C=O) groups is 1. The molecule has 0 aliphatic carbocycles. The van der Waals surface area contributed by atoms with E-state index in [1.165, 1.54) is 6.07 Å². The lowest BCUT2D eigenvalue weighted by atomic mass is 10.2. The number of aromatic amines is 1. The number of H-pyrrole nitrogens is 1. The summed E-state index contributed by atoms with van der Waals surface area (Å²) in [5.41, 5.74) is -0.207. The summed E-state index contributed by atoms with van der Waals surface area (Å²) in [4.78, 5) is 28.1. The van der Waals surface area contributed by atoms with Gasteiger partial charge in [-0.05, 0) is 32.3 Å². The van der Waals surface area contributed by atoms with E-state index >= 15 is 0 Å². The average Bonchev–Trinajstić information content (AvgIpc) is 2.56. The summed E-state index contributed by atoms with van der Waals surface area (Å²) >= 11 is 0. The Morgan fingerprint density at radius 1 is 1.24 bits per heavy atom. The smallest absolute Gasteiger partial charge is 0.273 e. The fourth-order valence-electron chi connectivity index (χ4n) is 2.04. The van der Waals surface area contributed by atoms with Crippen molar-refractivity contribution < 1.29 is 13.6 Å². The third-order valence-corrected chi connectivity index (χ3v) is 3.43. The molecule has 2 N–H and O–H groups in total. The van der Waals surface area contributed by atoms with Crippen molar-refractivity contribution in [2.75, 3.05) is 27.2 Å². The number of nitrogens with zero attached hydrogens (tertiary/aromatic N) is 3. The lowest BCUT2D eigenvalue weighted by molar-refractivity contribution is -0.121. The molecule has 25 heavy (non-hydrogen) atoms. The first-order valence-electron chi connectivity index (χ1n) is 7.69. The maximum atomic E-state index is 13.2. The first-order chi connectivity index (χ1) is 11.9. The third kappa shape index (κ3) is 5.42. The van der Waals surface area contributed by atoms with Crippen LogP contribution >= 0.6 is 0 Å². The van der Waals surface area contributed by atoms with Crippen molar-refractivity contribution in [2.45, 2.75) is 12.8 Å². The summed E-state index contributed by atoms with van der Waals surface area (Å²) in [6.45, 7) is 1.23. The molecule has 0 saturated heterocycles. The van der Waals surface area contributed by atoms with Crippen molar-refractivity contribution in [3.63, 3.8) is 0 Å². The van der Waals surface area contributed by atoms with E-state index in [1.807, 2.05) is 19.0 Å². The topological polar surface area (TPSA) is 91.0 Å². The summed E-state index contributed by atoms with van der Waals surface area (Å²) in [7, 11) is 3.80. The standard InChI is InChI=1S/C16H19F2N5O2/c1-23(2)8-7-19-14(24)6-5-13-16(25)20-15(22-21-13)10-3-4-11(17)12(18)9-10/h3-4,9H,5-8H2,1-2H3,(H,19,24)(H,20,22,25). The summed E-state index contributed by atoms with van der Waals surface area (Å²) in [6.07, 6.45) is 0.240. The Hall–Kier alpha value is -2.68. The molecule has 9 heteroatoms. The van der Waals surface area contributed by atoms with E-state index in [9.17, 15) is 18.4 Å². The van der Waals surface area contributed by atoms with Gasteiger partial charge in [-0.15, -0.1) is 10.2 Å². The number of aromatic nitrogens is 3. The fraction of sp³-hybridized carbons (Fsp3) is 0.375. The fourth-order valence-corrected chi connectivity index (χ4v) is 2.04. The quantitative estimate of drug-likeness (QED) is 0.767. The van der Waals surface area contributed by atoms with Crippen molar-refractivity contribution in [3.8, 4) is 11.4 Å². The largest absolute Gasteiger partial charge is 0.355 e. The zero-order valence-corrected chi connectivity index (χ0v) is 14.0. The molecule has 134 valence electrons. The van der Waals surface area contributed by atoms with E-state index in [0.717, 1.165) is 18.7 Å². The van der Waals surface area contributed by atoms with Crippen LogP contribution < -0.4 is 10.9 Å². The maximum absolute atomic E-state index is 13.2. The Morgan fingerprint density at radius 3 is 2.64 bits per heavy atom. The van der Waals surface area contributed by atoms with Crippen LogP contribution in [-0.4, -0.2) is 53.2 Å². The SMILES string of the molecule is CN(C)CCNC(=O)CCc1nnc(-c2ccc(F)c(F)c2)[nH]c1=O. The number of halogens is 2. The second-order valence-corrected chi connectivity index (χ2v) is 5.73. The number of aryl methyl sites for hydroxylation is 1. The highest BCUT2D eigenvalue weighted by molar-refractivity contribution is 5.76. The van der Waals surface area contributed by atoms with Crippen molar-refractivity contribution in [2.24, 2.45) is 0 Å². The summed E-state index contributed by atoms with van der Waals surface area (Å²) in [5, 5.41) is 10.3. The van der Waals surface area contributed by atoms with Gasteiger partial charge in [-0.2, -0.15) is 0 Å². The number of hydrogen-bond acceptors (Lipinski definition) is 5. The lowest BCUT2D eigenvalue weighted by Crippen LogP contribution is -2.32. The molecule has 2 rings (SSSR count). The maximum Gasteiger partial charge on any atom is 0.273 e. The van der Waals surface area contributed by atoms with Gasteiger partial charge in [0.05, 0.1) is 0 Å². The van der Waals surface area contributed by atoms with E-state index < -0.39 is 17.2 Å². The molecular weight excluding hydrogens is 332 g/mol. The van der Waals surface area contributed by atoms with E-state index in [2.05, 4.69) is 20.5 Å². The van der Waals surface area contributed by atoms with Gasteiger partial charge in [-0.1, -0.05) is 0 Å². The van der Waals surface area contributed by atoms with Crippen molar-refractivity contribution in [3.05, 3.63) is 45.9 Å². The van der Waals surface area contributed by atoms with Gasteiger partial charge in [-0.3, -0.25) is 9.59 Å². The van der Waals surface area contributed by atoms with Crippen molar-refractivity contribution in [1.82, 2.24) is 25.4 Å². The Balaban J connectivity index is 1.98. The minimum absolute atomic E-state index is 0.0306. The number of rotatable bonds is 7. The molecule has 0 aliphatic heterocycles. The van der Waals surface area contributed by atoms with Crippen LogP contribution in [0.25, 0.3) is 11.4 Å². The average molecular weight is 351 g/mol. The summed E-state index contributed by atoms with van der Waals surface area (Å²) in [5.74, 6) is -2.19. The number of carbonyl (C=O) groups excluding carboxylic acids is 1. The first-order valence-corrected chi connectivity index (χ1v) is 7.69. The molecule has 1 aromatic carbocycles. The van der Waals surface area contributed by atoms with Gasteiger partial charge < -0.3 is 15.2 Å².